The molecule has 0 spiro atoms. The van der Waals surface area contributed by atoms with Crippen molar-refractivity contribution >= 4 is 6.03 Å². The van der Waals surface area contributed by atoms with Gasteiger partial charge >= 0.3 is 6.03 Å². The molecule has 1 aromatic carbocycles. The summed E-state index contributed by atoms with van der Waals surface area (Å²) in [6, 6.07) is 10.3. The van der Waals surface area contributed by atoms with Crippen LogP contribution in [0.3, 0.4) is 0 Å². The van der Waals surface area contributed by atoms with Gasteiger partial charge in [0.05, 0.1) is 6.10 Å². The maximum atomic E-state index is 12.1. The van der Waals surface area contributed by atoms with E-state index in [9.17, 15) is 4.79 Å². The first kappa shape index (κ1) is 18.7. The molecule has 1 atom stereocenters. The third-order valence-electron chi connectivity index (χ3n) is 5.04. The second-order valence-corrected chi connectivity index (χ2v) is 8.04. The monoisotopic (exact) mass is 333 g/mol. The van der Waals surface area contributed by atoms with Gasteiger partial charge in [-0.05, 0) is 46.6 Å². The van der Waals surface area contributed by atoms with Gasteiger partial charge in [0.1, 0.15) is 0 Å². The Kier molecular flexibility index (Phi) is 5.56. The molecule has 0 bridgehead atoms. The maximum absolute atomic E-state index is 12.1. The van der Waals surface area contributed by atoms with E-state index in [2.05, 4.69) is 48.5 Å². The van der Waals surface area contributed by atoms with E-state index in [1.807, 2.05) is 26.8 Å². The van der Waals surface area contributed by atoms with Gasteiger partial charge in [0.15, 0.2) is 0 Å². The van der Waals surface area contributed by atoms with Crippen LogP contribution in [0.2, 0.25) is 0 Å². The zero-order valence-corrected chi connectivity index (χ0v) is 15.8. The predicted octanol–water partition coefficient (Wildman–Crippen LogP) is 3.37. The number of nitrogens with zero attached hydrogens (tertiary/aromatic N) is 2. The van der Waals surface area contributed by atoms with Gasteiger partial charge in [-0.2, -0.15) is 0 Å². The Balaban J connectivity index is 1.88. The van der Waals surface area contributed by atoms with E-state index >= 15 is 0 Å². The predicted molar refractivity (Wildman–Crippen MR) is 96.6 cm³/mol. The smallest absolute Gasteiger partial charge is 0.321 e. The lowest BCUT2D eigenvalue weighted by Crippen LogP contribution is -2.49. The molecule has 0 saturated carbocycles. The molecule has 2 rings (SSSR count). The van der Waals surface area contributed by atoms with Crippen LogP contribution in [-0.4, -0.2) is 47.6 Å². The van der Waals surface area contributed by atoms with E-state index < -0.39 is 0 Å². The minimum Gasteiger partial charge on any atom is -0.321 e. The molecule has 24 heavy (non-hydrogen) atoms. The molecule has 134 valence electrons. The van der Waals surface area contributed by atoms with Gasteiger partial charge in [-0.15, -0.1) is 0 Å². The second kappa shape index (κ2) is 7.11. The van der Waals surface area contributed by atoms with Crippen LogP contribution in [-0.2, 0) is 10.4 Å². The van der Waals surface area contributed by atoms with Crippen molar-refractivity contribution in [2.75, 3.05) is 20.1 Å². The molecule has 0 unspecified atom stereocenters. The molecule has 5 heteroatoms. The quantitative estimate of drug-likeness (QED) is 0.859. The summed E-state index contributed by atoms with van der Waals surface area (Å²) in [5.41, 5.74) is 3.61. The molecule has 1 heterocycles. The minimum atomic E-state index is -0.232. The van der Waals surface area contributed by atoms with Gasteiger partial charge in [0.2, 0.25) is 0 Å². The summed E-state index contributed by atoms with van der Waals surface area (Å²) in [5.74, 6) is 0. The topological polar surface area (TPSA) is 44.8 Å². The fraction of sp³-hybridized carbons (Fsp3) is 0.632. The van der Waals surface area contributed by atoms with Crippen LogP contribution in [0.4, 0.5) is 4.79 Å². The highest BCUT2D eigenvalue weighted by Gasteiger charge is 2.35. The fourth-order valence-corrected chi connectivity index (χ4v) is 2.87. The van der Waals surface area contributed by atoms with Crippen molar-refractivity contribution in [1.82, 2.24) is 15.3 Å². The van der Waals surface area contributed by atoms with Crippen molar-refractivity contribution in [3.63, 3.8) is 0 Å². The summed E-state index contributed by atoms with van der Waals surface area (Å²) >= 11 is 0. The number of carbonyl (C=O) groups is 1. The molecule has 1 saturated heterocycles. The Labute approximate surface area is 145 Å². The second-order valence-electron chi connectivity index (χ2n) is 8.04. The summed E-state index contributed by atoms with van der Waals surface area (Å²) < 4.78 is 0. The number of hydrogen-bond donors (Lipinski definition) is 1. The first-order chi connectivity index (χ1) is 11.1. The summed E-state index contributed by atoms with van der Waals surface area (Å²) in [5, 5.41) is 0. The average Bonchev–Trinajstić information content (AvgIpc) is 3.01. The van der Waals surface area contributed by atoms with Crippen molar-refractivity contribution in [3.8, 4) is 0 Å². The number of hydroxylamine groups is 1. The van der Waals surface area contributed by atoms with E-state index in [1.165, 1.54) is 5.56 Å². The summed E-state index contributed by atoms with van der Waals surface area (Å²) in [6.45, 7) is 12.2. The van der Waals surface area contributed by atoms with Crippen LogP contribution in [0.5, 0.6) is 0 Å². The molecule has 1 aliphatic heterocycles. The Morgan fingerprint density at radius 2 is 1.83 bits per heavy atom. The molecular formula is C19H31N3O2. The van der Waals surface area contributed by atoms with Crippen LogP contribution in [0.25, 0.3) is 0 Å². The van der Waals surface area contributed by atoms with E-state index in [0.29, 0.717) is 0 Å². The van der Waals surface area contributed by atoms with Gasteiger partial charge in [0, 0.05) is 31.2 Å². The molecule has 5 nitrogen and oxygen atoms in total. The van der Waals surface area contributed by atoms with Crippen LogP contribution >= 0.6 is 0 Å². The molecule has 0 aliphatic carbocycles. The fourth-order valence-electron chi connectivity index (χ4n) is 2.87. The van der Waals surface area contributed by atoms with Crippen LogP contribution in [0.15, 0.2) is 30.3 Å². The van der Waals surface area contributed by atoms with Crippen LogP contribution in [0, 0.1) is 0 Å². The number of likely N-dealkylation sites (tertiary alicyclic amines) is 1. The van der Waals surface area contributed by atoms with Crippen molar-refractivity contribution < 1.29 is 9.63 Å². The number of benzene rings is 1. The van der Waals surface area contributed by atoms with Crippen LogP contribution in [0.1, 0.15) is 46.6 Å². The van der Waals surface area contributed by atoms with E-state index in [0.717, 1.165) is 19.5 Å². The van der Waals surface area contributed by atoms with Crippen molar-refractivity contribution in [1.29, 1.82) is 0 Å². The molecule has 1 aromatic rings. The molecular weight excluding hydrogens is 302 g/mol. The van der Waals surface area contributed by atoms with E-state index in [4.69, 9.17) is 4.84 Å². The third-order valence-corrected chi connectivity index (χ3v) is 5.04. The first-order valence-corrected chi connectivity index (χ1v) is 8.62. The third kappa shape index (κ3) is 4.28. The van der Waals surface area contributed by atoms with Gasteiger partial charge in [-0.1, -0.05) is 30.3 Å². The Hall–Kier alpha value is -1.59. The average molecular weight is 333 g/mol. The lowest BCUT2D eigenvalue weighted by atomic mass is 9.93. The van der Waals surface area contributed by atoms with Gasteiger partial charge in [0.25, 0.3) is 0 Å². The standard InChI is InChI=1S/C19H31N3O2/c1-18(2,3)21(6)17(23)20-24-16-12-13-22(14-16)19(4,5)15-10-8-7-9-11-15/h7-11,16H,12-14H2,1-6H3,(H,20,23)/t16-/m1/s1. The normalized spacial score (nSPS) is 19.3. The number of amides is 2. The first-order valence-electron chi connectivity index (χ1n) is 8.62. The van der Waals surface area contributed by atoms with Gasteiger partial charge in [-0.25, -0.2) is 10.3 Å². The van der Waals surface area contributed by atoms with Gasteiger partial charge < -0.3 is 4.90 Å². The SMILES string of the molecule is CN(C(=O)NO[C@@H]1CCN(C(C)(C)c2ccccc2)C1)C(C)(C)C. The van der Waals surface area contributed by atoms with E-state index in [-0.39, 0.29) is 23.2 Å². The highest BCUT2D eigenvalue weighted by molar-refractivity contribution is 5.73. The van der Waals surface area contributed by atoms with Crippen LogP contribution < -0.4 is 5.48 Å². The Morgan fingerprint density at radius 3 is 2.42 bits per heavy atom. The number of urea groups is 1. The highest BCUT2D eigenvalue weighted by Crippen LogP contribution is 2.31. The molecule has 2 amide bonds. The summed E-state index contributed by atoms with van der Waals surface area (Å²) in [4.78, 5) is 21.8. The molecule has 0 aromatic heterocycles. The largest absolute Gasteiger partial charge is 0.341 e. The Bertz CT molecular complexity index is 551. The lowest BCUT2D eigenvalue weighted by molar-refractivity contribution is -0.0152. The zero-order valence-electron chi connectivity index (χ0n) is 15.8. The van der Waals surface area contributed by atoms with Crippen molar-refractivity contribution in [2.24, 2.45) is 0 Å². The molecule has 1 N–H and O–H groups in total. The minimum absolute atomic E-state index is 0.0188. The van der Waals surface area contributed by atoms with Crippen molar-refractivity contribution in [2.45, 2.75) is 58.2 Å². The molecule has 1 fully saturated rings. The van der Waals surface area contributed by atoms with Crippen molar-refractivity contribution in [3.05, 3.63) is 35.9 Å². The zero-order chi connectivity index (χ0) is 18.0. The number of carbonyl (C=O) groups excluding carboxylic acids is 1. The Morgan fingerprint density at radius 1 is 1.21 bits per heavy atom. The number of nitrogens with one attached hydrogen (secondary N) is 1. The molecule has 0 radical (unpaired) electrons. The lowest BCUT2D eigenvalue weighted by Gasteiger charge is -2.36. The number of rotatable bonds is 4. The maximum Gasteiger partial charge on any atom is 0.341 e. The highest BCUT2D eigenvalue weighted by atomic mass is 16.7. The number of hydrogen-bond acceptors (Lipinski definition) is 3. The summed E-state index contributed by atoms with van der Waals surface area (Å²) in [7, 11) is 1.78. The summed E-state index contributed by atoms with van der Waals surface area (Å²) in [6.07, 6.45) is 0.931. The molecule has 1 aliphatic rings. The van der Waals surface area contributed by atoms with E-state index in [1.54, 1.807) is 11.9 Å². The van der Waals surface area contributed by atoms with Gasteiger partial charge in [-0.3, -0.25) is 9.74 Å².